The van der Waals surface area contributed by atoms with Crippen molar-refractivity contribution < 1.29 is 9.47 Å². The standard InChI is InChI=1S/C15H18ClN3O2S/c1-20-10-14-17-15(22-18-14)19-8-6-11(7-9-19)21-13-5-3-2-4-12(13)16/h2-5,11H,6-10H2,1H3. The molecule has 22 heavy (non-hydrogen) atoms. The summed E-state index contributed by atoms with van der Waals surface area (Å²) in [6.07, 6.45) is 2.09. The van der Waals surface area contributed by atoms with Crippen LogP contribution in [-0.2, 0) is 11.3 Å². The number of benzene rings is 1. The Morgan fingerprint density at radius 2 is 2.09 bits per heavy atom. The quantitative estimate of drug-likeness (QED) is 0.835. The molecular formula is C15H18ClN3O2S. The van der Waals surface area contributed by atoms with Gasteiger partial charge in [-0.2, -0.15) is 4.37 Å². The Kier molecular flexibility index (Phi) is 5.12. The molecular weight excluding hydrogens is 322 g/mol. The zero-order valence-electron chi connectivity index (χ0n) is 12.4. The second-order valence-electron chi connectivity index (χ2n) is 5.16. The number of methoxy groups -OCH3 is 1. The Bertz CT molecular complexity index is 614. The largest absolute Gasteiger partial charge is 0.489 e. The van der Waals surface area contributed by atoms with Crippen molar-refractivity contribution in [2.45, 2.75) is 25.6 Å². The molecule has 1 aliphatic heterocycles. The lowest BCUT2D eigenvalue weighted by molar-refractivity contribution is 0.170. The van der Waals surface area contributed by atoms with Crippen LogP contribution in [0, 0.1) is 0 Å². The van der Waals surface area contributed by atoms with E-state index in [0.29, 0.717) is 11.6 Å². The normalized spacial score (nSPS) is 16.0. The molecule has 0 spiro atoms. The zero-order valence-corrected chi connectivity index (χ0v) is 13.9. The molecule has 0 radical (unpaired) electrons. The maximum Gasteiger partial charge on any atom is 0.205 e. The molecule has 1 aromatic carbocycles. The van der Waals surface area contributed by atoms with Crippen molar-refractivity contribution in [1.29, 1.82) is 0 Å². The fourth-order valence-corrected chi connectivity index (χ4v) is 3.35. The predicted molar refractivity (Wildman–Crippen MR) is 87.9 cm³/mol. The zero-order chi connectivity index (χ0) is 15.4. The van der Waals surface area contributed by atoms with Gasteiger partial charge in [-0.3, -0.25) is 0 Å². The number of piperidine rings is 1. The van der Waals surface area contributed by atoms with Crippen LogP contribution in [0.25, 0.3) is 0 Å². The third-order valence-corrected chi connectivity index (χ3v) is 4.70. The van der Waals surface area contributed by atoms with Crippen LogP contribution in [0.5, 0.6) is 5.75 Å². The Labute approximate surface area is 139 Å². The summed E-state index contributed by atoms with van der Waals surface area (Å²) in [4.78, 5) is 6.75. The maximum atomic E-state index is 6.14. The molecule has 3 rings (SSSR count). The van der Waals surface area contributed by atoms with Crippen molar-refractivity contribution >= 4 is 28.3 Å². The third kappa shape index (κ3) is 3.69. The Hall–Kier alpha value is -1.37. The molecule has 7 heteroatoms. The van der Waals surface area contributed by atoms with Gasteiger partial charge in [0.15, 0.2) is 5.82 Å². The topological polar surface area (TPSA) is 47.5 Å². The summed E-state index contributed by atoms with van der Waals surface area (Å²) in [6.45, 7) is 2.29. The molecule has 0 aliphatic carbocycles. The molecule has 0 atom stereocenters. The van der Waals surface area contributed by atoms with Gasteiger partial charge in [0, 0.05) is 44.6 Å². The second-order valence-corrected chi connectivity index (χ2v) is 6.30. The van der Waals surface area contributed by atoms with Gasteiger partial charge in [-0.15, -0.1) is 0 Å². The number of anilines is 1. The molecule has 1 aliphatic rings. The lowest BCUT2D eigenvalue weighted by atomic mass is 10.1. The molecule has 0 amide bonds. The summed E-state index contributed by atoms with van der Waals surface area (Å²) in [6, 6.07) is 7.61. The molecule has 118 valence electrons. The van der Waals surface area contributed by atoms with Crippen LogP contribution in [0.15, 0.2) is 24.3 Å². The molecule has 5 nitrogen and oxygen atoms in total. The molecule has 0 unspecified atom stereocenters. The van der Waals surface area contributed by atoms with E-state index in [-0.39, 0.29) is 6.10 Å². The van der Waals surface area contributed by atoms with Gasteiger partial charge >= 0.3 is 0 Å². The van der Waals surface area contributed by atoms with Gasteiger partial charge in [-0.1, -0.05) is 23.7 Å². The lowest BCUT2D eigenvalue weighted by Crippen LogP contribution is -2.38. The van der Waals surface area contributed by atoms with Gasteiger partial charge in [0.25, 0.3) is 0 Å². The molecule has 2 heterocycles. The van der Waals surface area contributed by atoms with Crippen LogP contribution in [0.4, 0.5) is 5.13 Å². The maximum absolute atomic E-state index is 6.14. The van der Waals surface area contributed by atoms with Crippen LogP contribution >= 0.6 is 23.1 Å². The van der Waals surface area contributed by atoms with E-state index in [9.17, 15) is 0 Å². The van der Waals surface area contributed by atoms with Gasteiger partial charge in [-0.25, -0.2) is 4.98 Å². The van der Waals surface area contributed by atoms with Crippen LogP contribution < -0.4 is 9.64 Å². The average Bonchev–Trinajstić information content (AvgIpc) is 2.99. The van der Waals surface area contributed by atoms with E-state index in [4.69, 9.17) is 21.1 Å². The summed E-state index contributed by atoms with van der Waals surface area (Å²) in [5.41, 5.74) is 0. The van der Waals surface area contributed by atoms with E-state index in [1.807, 2.05) is 24.3 Å². The van der Waals surface area contributed by atoms with E-state index >= 15 is 0 Å². The highest BCUT2D eigenvalue weighted by Crippen LogP contribution is 2.28. The SMILES string of the molecule is COCc1nsc(N2CCC(Oc3ccccc3Cl)CC2)n1. The number of rotatable bonds is 5. The van der Waals surface area contributed by atoms with Crippen molar-refractivity contribution in [3.05, 3.63) is 35.1 Å². The van der Waals surface area contributed by atoms with Crippen LogP contribution in [0.2, 0.25) is 5.02 Å². The van der Waals surface area contributed by atoms with Crippen molar-refractivity contribution in [3.8, 4) is 5.75 Å². The smallest absolute Gasteiger partial charge is 0.205 e. The number of halogens is 1. The van der Waals surface area contributed by atoms with Crippen LogP contribution in [-0.4, -0.2) is 35.7 Å². The number of aromatic nitrogens is 2. The van der Waals surface area contributed by atoms with Gasteiger partial charge in [0.2, 0.25) is 5.13 Å². The molecule has 1 saturated heterocycles. The highest BCUT2D eigenvalue weighted by Gasteiger charge is 2.23. The highest BCUT2D eigenvalue weighted by molar-refractivity contribution is 7.09. The van der Waals surface area contributed by atoms with Crippen LogP contribution in [0.3, 0.4) is 0 Å². The fourth-order valence-electron chi connectivity index (χ4n) is 2.45. The lowest BCUT2D eigenvalue weighted by Gasteiger charge is -2.31. The molecule has 0 N–H and O–H groups in total. The number of hydrogen-bond donors (Lipinski definition) is 0. The molecule has 2 aromatic rings. The first-order chi connectivity index (χ1) is 10.8. The minimum absolute atomic E-state index is 0.197. The summed E-state index contributed by atoms with van der Waals surface area (Å²) in [7, 11) is 1.65. The summed E-state index contributed by atoms with van der Waals surface area (Å²) < 4.78 is 15.4. The first-order valence-corrected chi connectivity index (χ1v) is 8.39. The molecule has 0 bridgehead atoms. The summed E-state index contributed by atoms with van der Waals surface area (Å²) >= 11 is 7.56. The van der Waals surface area contributed by atoms with Gasteiger partial charge in [-0.05, 0) is 12.1 Å². The van der Waals surface area contributed by atoms with Gasteiger partial charge in [0.05, 0.1) is 5.02 Å². The molecule has 1 fully saturated rings. The van der Waals surface area contributed by atoms with Crippen molar-refractivity contribution in [3.63, 3.8) is 0 Å². The molecule has 1 aromatic heterocycles. The van der Waals surface area contributed by atoms with Crippen molar-refractivity contribution in [1.82, 2.24) is 9.36 Å². The van der Waals surface area contributed by atoms with Crippen molar-refractivity contribution in [2.75, 3.05) is 25.1 Å². The number of ether oxygens (including phenoxy) is 2. The third-order valence-electron chi connectivity index (χ3n) is 3.57. The average molecular weight is 340 g/mol. The first kappa shape index (κ1) is 15.5. The predicted octanol–water partition coefficient (Wildman–Crippen LogP) is 3.39. The van der Waals surface area contributed by atoms with Crippen molar-refractivity contribution in [2.24, 2.45) is 0 Å². The van der Waals surface area contributed by atoms with Gasteiger partial charge < -0.3 is 14.4 Å². The van der Waals surface area contributed by atoms with E-state index in [1.165, 1.54) is 11.5 Å². The summed E-state index contributed by atoms with van der Waals surface area (Å²) in [5.74, 6) is 1.51. The monoisotopic (exact) mass is 339 g/mol. The minimum Gasteiger partial charge on any atom is -0.489 e. The fraction of sp³-hybridized carbons (Fsp3) is 0.467. The second kappa shape index (κ2) is 7.26. The molecule has 0 saturated carbocycles. The van der Waals surface area contributed by atoms with E-state index in [0.717, 1.165) is 42.6 Å². The van der Waals surface area contributed by atoms with E-state index in [1.54, 1.807) is 7.11 Å². The number of hydrogen-bond acceptors (Lipinski definition) is 6. The first-order valence-electron chi connectivity index (χ1n) is 7.24. The Balaban J connectivity index is 1.54. The Morgan fingerprint density at radius 1 is 1.32 bits per heavy atom. The van der Waals surface area contributed by atoms with Gasteiger partial charge in [0.1, 0.15) is 18.5 Å². The van der Waals surface area contributed by atoms with E-state index < -0.39 is 0 Å². The summed E-state index contributed by atoms with van der Waals surface area (Å²) in [5, 5.41) is 1.63. The highest BCUT2D eigenvalue weighted by atomic mass is 35.5. The van der Waals surface area contributed by atoms with Crippen LogP contribution in [0.1, 0.15) is 18.7 Å². The number of para-hydroxylation sites is 1. The van der Waals surface area contributed by atoms with E-state index in [2.05, 4.69) is 14.3 Å². The number of nitrogens with zero attached hydrogens (tertiary/aromatic N) is 3. The minimum atomic E-state index is 0.197. The Morgan fingerprint density at radius 3 is 2.82 bits per heavy atom.